The van der Waals surface area contributed by atoms with Gasteiger partial charge in [-0.15, -0.1) is 11.3 Å². The number of thiophene rings is 1. The Morgan fingerprint density at radius 1 is 1.62 bits per heavy atom. The lowest BCUT2D eigenvalue weighted by Crippen LogP contribution is -2.15. The normalized spacial score (nSPS) is 26.3. The Morgan fingerprint density at radius 2 is 2.46 bits per heavy atom. The molecule has 1 aromatic rings. The molecule has 0 saturated heterocycles. The summed E-state index contributed by atoms with van der Waals surface area (Å²) in [6.07, 6.45) is 1.34. The lowest BCUT2D eigenvalue weighted by molar-refractivity contribution is 0.651. The standard InChI is InChI=1S/C10H14ClNS/c1-2-12-6-7-5-8(7)9-3-4-10(11)13-9/h3-4,7-8,12H,2,5-6H2,1H3. The molecule has 1 aliphatic carbocycles. The van der Waals surface area contributed by atoms with Crippen molar-refractivity contribution >= 4 is 22.9 Å². The van der Waals surface area contributed by atoms with Gasteiger partial charge >= 0.3 is 0 Å². The molecule has 2 rings (SSSR count). The average Bonchev–Trinajstić information content (AvgIpc) is 2.78. The molecule has 2 unspecified atom stereocenters. The lowest BCUT2D eigenvalue weighted by Gasteiger charge is -1.98. The molecule has 72 valence electrons. The maximum absolute atomic E-state index is 5.89. The highest BCUT2D eigenvalue weighted by Gasteiger charge is 2.38. The van der Waals surface area contributed by atoms with Gasteiger partial charge in [-0.2, -0.15) is 0 Å². The van der Waals surface area contributed by atoms with Crippen LogP contribution in [-0.2, 0) is 0 Å². The largest absolute Gasteiger partial charge is 0.317 e. The van der Waals surface area contributed by atoms with Crippen molar-refractivity contribution in [2.24, 2.45) is 5.92 Å². The second kappa shape index (κ2) is 3.99. The van der Waals surface area contributed by atoms with Crippen LogP contribution in [0.2, 0.25) is 4.34 Å². The highest BCUT2D eigenvalue weighted by molar-refractivity contribution is 7.16. The summed E-state index contributed by atoms with van der Waals surface area (Å²) in [6, 6.07) is 4.17. The Kier molecular flexibility index (Phi) is 2.92. The highest BCUT2D eigenvalue weighted by Crippen LogP contribution is 2.49. The van der Waals surface area contributed by atoms with Crippen molar-refractivity contribution in [3.05, 3.63) is 21.3 Å². The van der Waals surface area contributed by atoms with Gasteiger partial charge < -0.3 is 5.32 Å². The van der Waals surface area contributed by atoms with Crippen molar-refractivity contribution in [3.63, 3.8) is 0 Å². The first-order chi connectivity index (χ1) is 6.31. The van der Waals surface area contributed by atoms with Gasteiger partial charge in [0.05, 0.1) is 4.34 Å². The molecule has 1 aliphatic rings. The quantitative estimate of drug-likeness (QED) is 0.814. The van der Waals surface area contributed by atoms with Crippen molar-refractivity contribution in [1.29, 1.82) is 0 Å². The van der Waals surface area contributed by atoms with Crippen LogP contribution in [0, 0.1) is 5.92 Å². The number of hydrogen-bond acceptors (Lipinski definition) is 2. The molecule has 0 bridgehead atoms. The molecule has 0 aromatic carbocycles. The molecule has 1 nitrogen and oxygen atoms in total. The van der Waals surface area contributed by atoms with Gasteiger partial charge in [-0.05, 0) is 43.5 Å². The van der Waals surface area contributed by atoms with E-state index in [1.165, 1.54) is 11.3 Å². The minimum Gasteiger partial charge on any atom is -0.317 e. The summed E-state index contributed by atoms with van der Waals surface area (Å²) in [5, 5.41) is 3.39. The summed E-state index contributed by atoms with van der Waals surface area (Å²) in [7, 11) is 0. The van der Waals surface area contributed by atoms with E-state index >= 15 is 0 Å². The molecule has 1 saturated carbocycles. The topological polar surface area (TPSA) is 12.0 Å². The number of hydrogen-bond donors (Lipinski definition) is 1. The fourth-order valence-corrected chi connectivity index (χ4v) is 2.95. The van der Waals surface area contributed by atoms with E-state index in [4.69, 9.17) is 11.6 Å². The first-order valence-electron chi connectivity index (χ1n) is 4.77. The predicted molar refractivity (Wildman–Crippen MR) is 58.7 cm³/mol. The van der Waals surface area contributed by atoms with Crippen LogP contribution >= 0.6 is 22.9 Å². The molecule has 1 heterocycles. The Bertz CT molecular complexity index is 284. The highest BCUT2D eigenvalue weighted by atomic mass is 35.5. The average molecular weight is 216 g/mol. The summed E-state index contributed by atoms with van der Waals surface area (Å²) >= 11 is 7.62. The van der Waals surface area contributed by atoms with E-state index in [9.17, 15) is 0 Å². The number of halogens is 1. The van der Waals surface area contributed by atoms with Gasteiger partial charge in [-0.3, -0.25) is 0 Å². The smallest absolute Gasteiger partial charge is 0.0931 e. The van der Waals surface area contributed by atoms with Gasteiger partial charge in [0, 0.05) is 4.88 Å². The molecule has 3 heteroatoms. The van der Waals surface area contributed by atoms with Gasteiger partial charge in [-0.1, -0.05) is 18.5 Å². The predicted octanol–water partition coefficient (Wildman–Crippen LogP) is 3.11. The lowest BCUT2D eigenvalue weighted by atomic mass is 10.2. The van der Waals surface area contributed by atoms with E-state index in [0.717, 1.165) is 29.3 Å². The summed E-state index contributed by atoms with van der Waals surface area (Å²) in [5.74, 6) is 1.64. The van der Waals surface area contributed by atoms with Crippen LogP contribution in [0.25, 0.3) is 0 Å². The van der Waals surface area contributed by atoms with E-state index in [2.05, 4.69) is 18.3 Å². The summed E-state index contributed by atoms with van der Waals surface area (Å²) in [5.41, 5.74) is 0. The van der Waals surface area contributed by atoms with Gasteiger partial charge in [0.15, 0.2) is 0 Å². The monoisotopic (exact) mass is 215 g/mol. The van der Waals surface area contributed by atoms with E-state index in [1.807, 2.05) is 6.07 Å². The molecule has 0 radical (unpaired) electrons. The molecule has 13 heavy (non-hydrogen) atoms. The molecule has 1 fully saturated rings. The van der Waals surface area contributed by atoms with E-state index in [-0.39, 0.29) is 0 Å². The van der Waals surface area contributed by atoms with Crippen LogP contribution < -0.4 is 5.32 Å². The van der Waals surface area contributed by atoms with Gasteiger partial charge in [0.2, 0.25) is 0 Å². The summed E-state index contributed by atoms with van der Waals surface area (Å²) < 4.78 is 0.920. The zero-order valence-electron chi connectivity index (χ0n) is 7.72. The van der Waals surface area contributed by atoms with Crippen LogP contribution in [0.3, 0.4) is 0 Å². The molecule has 1 N–H and O–H groups in total. The Labute approximate surface area is 88.1 Å². The third kappa shape index (κ3) is 2.25. The van der Waals surface area contributed by atoms with Gasteiger partial charge in [0.1, 0.15) is 0 Å². The van der Waals surface area contributed by atoms with E-state index in [1.54, 1.807) is 11.3 Å². The minimum absolute atomic E-state index is 0.788. The van der Waals surface area contributed by atoms with Crippen molar-refractivity contribution in [2.45, 2.75) is 19.3 Å². The van der Waals surface area contributed by atoms with Crippen LogP contribution in [0.1, 0.15) is 24.1 Å². The maximum atomic E-state index is 5.89. The zero-order valence-corrected chi connectivity index (χ0v) is 9.29. The Hall–Kier alpha value is -0.0500. The molecular weight excluding hydrogens is 202 g/mol. The van der Waals surface area contributed by atoms with Gasteiger partial charge in [-0.25, -0.2) is 0 Å². The molecular formula is C10H14ClNS. The third-order valence-corrected chi connectivity index (χ3v) is 3.90. The molecule has 0 amide bonds. The second-order valence-electron chi connectivity index (χ2n) is 3.55. The second-order valence-corrected chi connectivity index (χ2v) is 5.30. The minimum atomic E-state index is 0.788. The number of rotatable bonds is 4. The molecule has 0 spiro atoms. The zero-order chi connectivity index (χ0) is 9.26. The van der Waals surface area contributed by atoms with Crippen molar-refractivity contribution in [1.82, 2.24) is 5.32 Å². The molecule has 1 aromatic heterocycles. The number of nitrogens with one attached hydrogen (secondary N) is 1. The van der Waals surface area contributed by atoms with E-state index in [0.29, 0.717) is 0 Å². The van der Waals surface area contributed by atoms with Crippen LogP contribution in [-0.4, -0.2) is 13.1 Å². The molecule has 0 aliphatic heterocycles. The molecule has 2 atom stereocenters. The summed E-state index contributed by atoms with van der Waals surface area (Å²) in [6.45, 7) is 4.39. The third-order valence-electron chi connectivity index (χ3n) is 2.54. The Morgan fingerprint density at radius 3 is 3.08 bits per heavy atom. The van der Waals surface area contributed by atoms with Crippen molar-refractivity contribution in [3.8, 4) is 0 Å². The fourth-order valence-electron chi connectivity index (χ4n) is 1.68. The van der Waals surface area contributed by atoms with Crippen LogP contribution in [0.5, 0.6) is 0 Å². The SMILES string of the molecule is CCNCC1CC1c1ccc(Cl)s1. The van der Waals surface area contributed by atoms with Gasteiger partial charge in [0.25, 0.3) is 0 Å². The van der Waals surface area contributed by atoms with Crippen molar-refractivity contribution in [2.75, 3.05) is 13.1 Å². The van der Waals surface area contributed by atoms with Crippen molar-refractivity contribution < 1.29 is 0 Å². The van der Waals surface area contributed by atoms with Crippen LogP contribution in [0.15, 0.2) is 12.1 Å². The maximum Gasteiger partial charge on any atom is 0.0931 e. The first kappa shape index (κ1) is 9.50. The summed E-state index contributed by atoms with van der Waals surface area (Å²) in [4.78, 5) is 1.47. The Balaban J connectivity index is 1.85. The fraction of sp³-hybridized carbons (Fsp3) is 0.600. The first-order valence-corrected chi connectivity index (χ1v) is 5.96. The van der Waals surface area contributed by atoms with Crippen LogP contribution in [0.4, 0.5) is 0 Å². The van der Waals surface area contributed by atoms with E-state index < -0.39 is 0 Å².